The van der Waals surface area contributed by atoms with Gasteiger partial charge >= 0.3 is 12.1 Å². The van der Waals surface area contributed by atoms with Gasteiger partial charge < -0.3 is 10.4 Å². The second-order valence-electron chi connectivity index (χ2n) is 3.45. The Kier molecular flexibility index (Phi) is 4.39. The lowest BCUT2D eigenvalue weighted by atomic mass is 10.1. The summed E-state index contributed by atoms with van der Waals surface area (Å²) in [4.78, 5) is 10.5. The summed E-state index contributed by atoms with van der Waals surface area (Å²) < 4.78 is 38.4. The Morgan fingerprint density at radius 1 is 1.44 bits per heavy atom. The number of anilines is 1. The summed E-state index contributed by atoms with van der Waals surface area (Å²) in [6.45, 7) is 2.96. The third-order valence-corrected chi connectivity index (χ3v) is 2.57. The summed E-state index contributed by atoms with van der Waals surface area (Å²) in [5, 5.41) is 11.0. The van der Waals surface area contributed by atoms with Crippen LogP contribution >= 0.6 is 15.9 Å². The van der Waals surface area contributed by atoms with Crippen LogP contribution in [0.1, 0.15) is 5.56 Å². The highest BCUT2D eigenvalue weighted by molar-refractivity contribution is 9.10. The average molecular weight is 324 g/mol. The smallest absolute Gasteiger partial charge is 0.418 e. The van der Waals surface area contributed by atoms with Crippen LogP contribution in [0, 0.1) is 0 Å². The summed E-state index contributed by atoms with van der Waals surface area (Å²) in [6, 6.07) is 3.58. The molecule has 0 amide bonds. The number of carbonyl (C=O) groups is 1. The molecule has 0 saturated carbocycles. The molecule has 0 unspecified atom stereocenters. The van der Waals surface area contributed by atoms with Crippen LogP contribution in [0.2, 0.25) is 0 Å². The lowest BCUT2D eigenvalue weighted by molar-refractivity contribution is -0.137. The molecule has 0 atom stereocenters. The molecule has 0 fully saturated rings. The summed E-state index contributed by atoms with van der Waals surface area (Å²) in [7, 11) is 0. The number of rotatable bonds is 4. The third kappa shape index (κ3) is 3.76. The van der Waals surface area contributed by atoms with Gasteiger partial charge in [0.25, 0.3) is 0 Å². The lowest BCUT2D eigenvalue weighted by Crippen LogP contribution is -2.15. The van der Waals surface area contributed by atoms with Gasteiger partial charge in [0.15, 0.2) is 0 Å². The Hall–Kier alpha value is -1.50. The lowest BCUT2D eigenvalue weighted by Gasteiger charge is -2.14. The molecule has 98 valence electrons. The van der Waals surface area contributed by atoms with Crippen LogP contribution in [-0.4, -0.2) is 17.6 Å². The quantitative estimate of drug-likeness (QED) is 0.833. The first-order valence-corrected chi connectivity index (χ1v) is 5.53. The number of carboxylic acids is 1. The van der Waals surface area contributed by atoms with E-state index in [1.807, 2.05) is 0 Å². The fourth-order valence-electron chi connectivity index (χ4n) is 1.18. The summed E-state index contributed by atoms with van der Waals surface area (Å²) in [5.74, 6) is -1.26. The summed E-state index contributed by atoms with van der Waals surface area (Å²) in [6.07, 6.45) is -4.52. The van der Waals surface area contributed by atoms with E-state index in [9.17, 15) is 18.0 Å². The number of hydrogen-bond donors (Lipinski definition) is 2. The minimum Gasteiger partial charge on any atom is -0.478 e. The molecule has 0 aliphatic rings. The molecule has 2 N–H and O–H groups in total. The normalized spacial score (nSPS) is 11.1. The van der Waals surface area contributed by atoms with Crippen molar-refractivity contribution < 1.29 is 23.1 Å². The molecule has 1 aromatic rings. The molecule has 0 bridgehead atoms. The highest BCUT2D eigenvalue weighted by atomic mass is 79.9. The standard InChI is InChI=1S/C11H9BrF3NO2/c1-6(10(17)18)5-16-9-3-2-7(12)4-8(9)11(13,14)15/h2-4,16H,1,5H2,(H,17,18). The minimum absolute atomic E-state index is 0.187. The fourth-order valence-corrected chi connectivity index (χ4v) is 1.54. The van der Waals surface area contributed by atoms with E-state index < -0.39 is 17.7 Å². The maximum absolute atomic E-state index is 12.7. The van der Waals surface area contributed by atoms with Gasteiger partial charge in [-0.2, -0.15) is 13.2 Å². The van der Waals surface area contributed by atoms with Gasteiger partial charge in [-0.1, -0.05) is 22.5 Å². The fraction of sp³-hybridized carbons (Fsp3) is 0.182. The van der Waals surface area contributed by atoms with Crippen molar-refractivity contribution in [2.24, 2.45) is 0 Å². The molecule has 7 heteroatoms. The Bertz CT molecular complexity index is 486. The molecule has 1 rings (SSSR count). The Labute approximate surface area is 109 Å². The van der Waals surface area contributed by atoms with Crippen LogP contribution in [0.25, 0.3) is 0 Å². The summed E-state index contributed by atoms with van der Waals surface area (Å²) >= 11 is 2.95. The number of nitrogens with one attached hydrogen (secondary N) is 1. The SMILES string of the molecule is C=C(CNc1ccc(Br)cc1C(F)(F)F)C(=O)O. The van der Waals surface area contributed by atoms with E-state index >= 15 is 0 Å². The first kappa shape index (κ1) is 14.6. The Balaban J connectivity index is 2.96. The maximum Gasteiger partial charge on any atom is 0.418 e. The zero-order valence-corrected chi connectivity index (χ0v) is 10.6. The predicted molar refractivity (Wildman–Crippen MR) is 64.4 cm³/mol. The van der Waals surface area contributed by atoms with Crippen molar-refractivity contribution in [1.29, 1.82) is 0 Å². The van der Waals surface area contributed by atoms with Crippen LogP contribution < -0.4 is 5.32 Å². The van der Waals surface area contributed by atoms with Crippen molar-refractivity contribution in [3.05, 3.63) is 40.4 Å². The molecular weight excluding hydrogens is 315 g/mol. The molecule has 0 heterocycles. The molecule has 0 aromatic heterocycles. The van der Waals surface area contributed by atoms with Gasteiger partial charge in [0.05, 0.1) is 5.56 Å². The van der Waals surface area contributed by atoms with Crippen LogP contribution in [0.3, 0.4) is 0 Å². The van der Waals surface area contributed by atoms with E-state index in [2.05, 4.69) is 27.8 Å². The van der Waals surface area contributed by atoms with Gasteiger partial charge in [-0.25, -0.2) is 4.79 Å². The molecule has 0 spiro atoms. The highest BCUT2D eigenvalue weighted by Crippen LogP contribution is 2.36. The molecule has 18 heavy (non-hydrogen) atoms. The van der Waals surface area contributed by atoms with Gasteiger partial charge in [-0.3, -0.25) is 0 Å². The van der Waals surface area contributed by atoms with E-state index in [0.717, 1.165) is 6.07 Å². The first-order chi connectivity index (χ1) is 8.21. The summed E-state index contributed by atoms with van der Waals surface area (Å²) in [5.41, 5.74) is -1.27. The van der Waals surface area contributed by atoms with Crippen molar-refractivity contribution in [2.75, 3.05) is 11.9 Å². The second kappa shape index (κ2) is 5.43. The predicted octanol–water partition coefficient (Wildman–Crippen LogP) is 3.52. The van der Waals surface area contributed by atoms with E-state index in [-0.39, 0.29) is 22.3 Å². The Morgan fingerprint density at radius 2 is 2.06 bits per heavy atom. The van der Waals surface area contributed by atoms with Crippen molar-refractivity contribution >= 4 is 27.6 Å². The van der Waals surface area contributed by atoms with E-state index in [4.69, 9.17) is 5.11 Å². The number of benzene rings is 1. The molecule has 0 saturated heterocycles. The van der Waals surface area contributed by atoms with Crippen molar-refractivity contribution in [3.8, 4) is 0 Å². The highest BCUT2D eigenvalue weighted by Gasteiger charge is 2.33. The molecular formula is C11H9BrF3NO2. The number of hydrogen-bond acceptors (Lipinski definition) is 2. The molecule has 0 aliphatic carbocycles. The van der Waals surface area contributed by atoms with Crippen molar-refractivity contribution in [2.45, 2.75) is 6.18 Å². The van der Waals surface area contributed by atoms with Gasteiger partial charge in [-0.15, -0.1) is 0 Å². The van der Waals surface area contributed by atoms with Crippen LogP contribution in [0.5, 0.6) is 0 Å². The minimum atomic E-state index is -4.52. The third-order valence-electron chi connectivity index (χ3n) is 2.08. The van der Waals surface area contributed by atoms with Crippen molar-refractivity contribution in [3.63, 3.8) is 0 Å². The molecule has 3 nitrogen and oxygen atoms in total. The number of halogens is 4. The van der Waals surface area contributed by atoms with Gasteiger partial charge in [0, 0.05) is 22.3 Å². The largest absolute Gasteiger partial charge is 0.478 e. The van der Waals surface area contributed by atoms with E-state index in [1.165, 1.54) is 12.1 Å². The van der Waals surface area contributed by atoms with Crippen LogP contribution in [0.4, 0.5) is 18.9 Å². The average Bonchev–Trinajstić information content (AvgIpc) is 2.25. The first-order valence-electron chi connectivity index (χ1n) is 4.73. The van der Waals surface area contributed by atoms with E-state index in [1.54, 1.807) is 0 Å². The van der Waals surface area contributed by atoms with Crippen molar-refractivity contribution in [1.82, 2.24) is 0 Å². The molecule has 0 aliphatic heterocycles. The molecule has 0 radical (unpaired) electrons. The van der Waals surface area contributed by atoms with Gasteiger partial charge in [-0.05, 0) is 18.2 Å². The number of aliphatic carboxylic acids is 1. The topological polar surface area (TPSA) is 49.3 Å². The van der Waals surface area contributed by atoms with Gasteiger partial charge in [0.2, 0.25) is 0 Å². The van der Waals surface area contributed by atoms with Crippen LogP contribution in [0.15, 0.2) is 34.8 Å². The van der Waals surface area contributed by atoms with Gasteiger partial charge in [0.1, 0.15) is 0 Å². The second-order valence-corrected chi connectivity index (χ2v) is 4.37. The molecule has 1 aromatic carbocycles. The maximum atomic E-state index is 12.7. The van der Waals surface area contributed by atoms with E-state index in [0.29, 0.717) is 0 Å². The Morgan fingerprint density at radius 3 is 2.56 bits per heavy atom. The number of alkyl halides is 3. The monoisotopic (exact) mass is 323 g/mol. The zero-order chi connectivity index (χ0) is 13.9. The van der Waals surface area contributed by atoms with Crippen LogP contribution in [-0.2, 0) is 11.0 Å². The zero-order valence-electron chi connectivity index (χ0n) is 9.01. The number of carboxylic acid groups (broad SMARTS) is 1.